The summed E-state index contributed by atoms with van der Waals surface area (Å²) in [7, 11) is 0. The minimum atomic E-state index is 0.604. The molecule has 0 unspecified atom stereocenters. The number of anilines is 1. The second-order valence-electron chi connectivity index (χ2n) is 6.00. The van der Waals surface area contributed by atoms with Gasteiger partial charge in [-0.05, 0) is 60.2 Å². The monoisotopic (exact) mass is 271 g/mol. The van der Waals surface area contributed by atoms with E-state index in [1.807, 2.05) is 19.1 Å². The molecule has 5 heteroatoms. The quantitative estimate of drug-likeness (QED) is 0.929. The molecule has 1 aromatic heterocycles. The van der Waals surface area contributed by atoms with Crippen LogP contribution in [0.25, 0.3) is 5.69 Å². The Labute approximate surface area is 119 Å². The van der Waals surface area contributed by atoms with Crippen LogP contribution in [0.5, 0.6) is 0 Å². The molecule has 0 atom stereocenters. The third-order valence-corrected chi connectivity index (χ3v) is 4.20. The van der Waals surface area contributed by atoms with E-state index in [0.717, 1.165) is 29.0 Å². The predicted molar refractivity (Wildman–Crippen MR) is 78.9 cm³/mol. The highest BCUT2D eigenvalue weighted by Crippen LogP contribution is 2.35. The molecule has 1 aliphatic carbocycles. The lowest BCUT2D eigenvalue weighted by atomic mass is 9.73. The Hall–Kier alpha value is -1.91. The van der Waals surface area contributed by atoms with Gasteiger partial charge in [0.1, 0.15) is 0 Å². The number of benzene rings is 1. The topological polar surface area (TPSA) is 55.6 Å². The maximum absolute atomic E-state index is 4.00. The summed E-state index contributed by atoms with van der Waals surface area (Å²) in [6.07, 6.45) is 2.54. The van der Waals surface area contributed by atoms with Crippen LogP contribution in [0.15, 0.2) is 24.3 Å². The number of aromatic nitrogens is 4. The molecule has 2 aromatic rings. The average molecular weight is 271 g/mol. The summed E-state index contributed by atoms with van der Waals surface area (Å²) in [6.45, 7) is 6.52. The van der Waals surface area contributed by atoms with Gasteiger partial charge in [0.05, 0.1) is 5.69 Å². The molecule has 0 radical (unpaired) electrons. The van der Waals surface area contributed by atoms with Crippen molar-refractivity contribution >= 4 is 5.69 Å². The van der Waals surface area contributed by atoms with Gasteiger partial charge in [-0.2, -0.15) is 4.68 Å². The SMILES string of the molecule is Cc1nnnn1-c1cccc(NC2CC(C(C)C)C2)c1. The standard InChI is InChI=1S/C15H21N5/c1-10(2)12-7-14(8-12)16-13-5-4-6-15(9-13)20-11(3)17-18-19-20/h4-6,9-10,12,14,16H,7-8H2,1-3H3. The Bertz CT molecular complexity index is 583. The van der Waals surface area contributed by atoms with E-state index in [0.29, 0.717) is 6.04 Å². The third-order valence-electron chi connectivity index (χ3n) is 4.20. The van der Waals surface area contributed by atoms with Crippen LogP contribution in [-0.2, 0) is 0 Å². The molecular weight excluding hydrogens is 250 g/mol. The van der Waals surface area contributed by atoms with Crippen molar-refractivity contribution in [2.24, 2.45) is 11.8 Å². The maximum Gasteiger partial charge on any atom is 0.153 e. The zero-order valence-corrected chi connectivity index (χ0v) is 12.2. The lowest BCUT2D eigenvalue weighted by Gasteiger charge is -2.39. The van der Waals surface area contributed by atoms with Gasteiger partial charge in [0.25, 0.3) is 0 Å². The Kier molecular flexibility index (Phi) is 3.42. The van der Waals surface area contributed by atoms with E-state index in [9.17, 15) is 0 Å². The molecule has 106 valence electrons. The van der Waals surface area contributed by atoms with Gasteiger partial charge in [-0.15, -0.1) is 5.10 Å². The molecule has 1 N–H and O–H groups in total. The van der Waals surface area contributed by atoms with Gasteiger partial charge in [0, 0.05) is 11.7 Å². The van der Waals surface area contributed by atoms with Gasteiger partial charge < -0.3 is 5.32 Å². The first-order chi connectivity index (χ1) is 9.63. The van der Waals surface area contributed by atoms with E-state index in [4.69, 9.17) is 0 Å². The van der Waals surface area contributed by atoms with Crippen LogP contribution < -0.4 is 5.32 Å². The molecule has 1 heterocycles. The molecule has 1 aromatic carbocycles. The van der Waals surface area contributed by atoms with Crippen LogP contribution in [0.2, 0.25) is 0 Å². The van der Waals surface area contributed by atoms with Crippen molar-refractivity contribution in [3.63, 3.8) is 0 Å². The fourth-order valence-corrected chi connectivity index (χ4v) is 2.76. The van der Waals surface area contributed by atoms with Crippen molar-refractivity contribution in [3.8, 4) is 5.69 Å². The molecule has 0 spiro atoms. The minimum absolute atomic E-state index is 0.604. The summed E-state index contributed by atoms with van der Waals surface area (Å²) in [5.74, 6) is 2.46. The highest BCUT2D eigenvalue weighted by Gasteiger charge is 2.30. The van der Waals surface area contributed by atoms with Gasteiger partial charge in [0.2, 0.25) is 0 Å². The zero-order valence-electron chi connectivity index (χ0n) is 12.2. The number of nitrogens with one attached hydrogen (secondary N) is 1. The van der Waals surface area contributed by atoms with E-state index in [-0.39, 0.29) is 0 Å². The molecule has 0 saturated heterocycles. The normalized spacial score (nSPS) is 21.8. The van der Waals surface area contributed by atoms with Gasteiger partial charge in [-0.1, -0.05) is 19.9 Å². The third kappa shape index (κ3) is 2.53. The number of aryl methyl sites for hydroxylation is 1. The number of hydrogen-bond donors (Lipinski definition) is 1. The van der Waals surface area contributed by atoms with Crippen molar-refractivity contribution in [2.45, 2.75) is 39.7 Å². The Morgan fingerprint density at radius 3 is 2.75 bits per heavy atom. The van der Waals surface area contributed by atoms with Gasteiger partial charge in [-0.3, -0.25) is 0 Å². The molecule has 0 amide bonds. The molecule has 0 bridgehead atoms. The lowest BCUT2D eigenvalue weighted by Crippen LogP contribution is -2.37. The highest BCUT2D eigenvalue weighted by atomic mass is 15.5. The first kappa shape index (κ1) is 13.1. The molecule has 3 rings (SSSR count). The summed E-state index contributed by atoms with van der Waals surface area (Å²) >= 11 is 0. The Balaban J connectivity index is 1.69. The van der Waals surface area contributed by atoms with Crippen molar-refractivity contribution in [3.05, 3.63) is 30.1 Å². The Morgan fingerprint density at radius 1 is 1.30 bits per heavy atom. The molecule has 1 aliphatic rings. The molecule has 5 nitrogen and oxygen atoms in total. The van der Waals surface area contributed by atoms with Crippen molar-refractivity contribution in [1.29, 1.82) is 0 Å². The second kappa shape index (κ2) is 5.23. The number of tetrazole rings is 1. The fourth-order valence-electron chi connectivity index (χ4n) is 2.76. The van der Waals surface area contributed by atoms with E-state index < -0.39 is 0 Å². The largest absolute Gasteiger partial charge is 0.382 e. The van der Waals surface area contributed by atoms with Crippen molar-refractivity contribution in [1.82, 2.24) is 20.2 Å². The molecule has 0 aliphatic heterocycles. The van der Waals surface area contributed by atoms with Crippen LogP contribution in [-0.4, -0.2) is 26.2 Å². The van der Waals surface area contributed by atoms with E-state index in [2.05, 4.69) is 46.8 Å². The van der Waals surface area contributed by atoms with E-state index >= 15 is 0 Å². The van der Waals surface area contributed by atoms with Crippen LogP contribution >= 0.6 is 0 Å². The molecular formula is C15H21N5. The Morgan fingerprint density at radius 2 is 2.10 bits per heavy atom. The summed E-state index contributed by atoms with van der Waals surface area (Å²) in [4.78, 5) is 0. The van der Waals surface area contributed by atoms with Crippen LogP contribution in [0.3, 0.4) is 0 Å². The first-order valence-electron chi connectivity index (χ1n) is 7.25. The lowest BCUT2D eigenvalue weighted by molar-refractivity contribution is 0.212. The van der Waals surface area contributed by atoms with Crippen molar-refractivity contribution < 1.29 is 0 Å². The molecule has 20 heavy (non-hydrogen) atoms. The second-order valence-corrected chi connectivity index (χ2v) is 6.00. The number of hydrogen-bond acceptors (Lipinski definition) is 4. The summed E-state index contributed by atoms with van der Waals surface area (Å²) in [5, 5.41) is 15.2. The van der Waals surface area contributed by atoms with Gasteiger partial charge >= 0.3 is 0 Å². The molecule has 1 saturated carbocycles. The van der Waals surface area contributed by atoms with Gasteiger partial charge in [0.15, 0.2) is 5.82 Å². The highest BCUT2D eigenvalue weighted by molar-refractivity contribution is 5.51. The average Bonchev–Trinajstić information content (AvgIpc) is 2.79. The fraction of sp³-hybridized carbons (Fsp3) is 0.533. The summed E-state index contributed by atoms with van der Waals surface area (Å²) < 4.78 is 1.75. The van der Waals surface area contributed by atoms with Crippen molar-refractivity contribution in [2.75, 3.05) is 5.32 Å². The summed E-state index contributed by atoms with van der Waals surface area (Å²) in [6, 6.07) is 8.87. The predicted octanol–water partition coefficient (Wildman–Crippen LogP) is 2.82. The molecule has 1 fully saturated rings. The smallest absolute Gasteiger partial charge is 0.153 e. The first-order valence-corrected chi connectivity index (χ1v) is 7.25. The summed E-state index contributed by atoms with van der Waals surface area (Å²) in [5.41, 5.74) is 2.14. The maximum atomic E-state index is 4.00. The van der Waals surface area contributed by atoms with E-state index in [1.54, 1.807) is 4.68 Å². The minimum Gasteiger partial charge on any atom is -0.382 e. The van der Waals surface area contributed by atoms with Crippen LogP contribution in [0, 0.1) is 18.8 Å². The van der Waals surface area contributed by atoms with Crippen LogP contribution in [0.4, 0.5) is 5.69 Å². The number of nitrogens with zero attached hydrogens (tertiary/aromatic N) is 4. The van der Waals surface area contributed by atoms with Crippen LogP contribution in [0.1, 0.15) is 32.5 Å². The zero-order chi connectivity index (χ0) is 14.1. The van der Waals surface area contributed by atoms with E-state index in [1.165, 1.54) is 12.8 Å². The number of rotatable bonds is 4. The van der Waals surface area contributed by atoms with Gasteiger partial charge in [-0.25, -0.2) is 0 Å².